The molecular weight excluding hydrogens is 522 g/mol. The third kappa shape index (κ3) is 5.19. The minimum atomic E-state index is -4.41. The van der Waals surface area contributed by atoms with Crippen molar-refractivity contribution in [3.8, 4) is 5.69 Å². The molecule has 0 bridgehead atoms. The van der Waals surface area contributed by atoms with Crippen molar-refractivity contribution >= 4 is 57.0 Å². The summed E-state index contributed by atoms with van der Waals surface area (Å²) in [5, 5.41) is 5.44. The summed E-state index contributed by atoms with van der Waals surface area (Å²) in [6.45, 7) is 0.195. The van der Waals surface area contributed by atoms with Crippen molar-refractivity contribution in [2.24, 2.45) is 0 Å². The van der Waals surface area contributed by atoms with E-state index in [0.717, 1.165) is 39.5 Å². The van der Waals surface area contributed by atoms with Crippen molar-refractivity contribution in [3.05, 3.63) is 112 Å². The summed E-state index contributed by atoms with van der Waals surface area (Å²) in [4.78, 5) is 16.8. The van der Waals surface area contributed by atoms with E-state index >= 15 is 0 Å². The molecule has 0 fully saturated rings. The summed E-state index contributed by atoms with van der Waals surface area (Å²) >= 11 is 11.9. The number of halogens is 5. The summed E-state index contributed by atoms with van der Waals surface area (Å²) in [5.74, 6) is -0.305. The van der Waals surface area contributed by atoms with Gasteiger partial charge < -0.3 is 9.88 Å². The molecule has 37 heavy (non-hydrogen) atoms. The topological polar surface area (TPSA) is 46.9 Å². The number of nitrogens with one attached hydrogen (secondary N) is 1. The smallest absolute Gasteiger partial charge is 0.347 e. The van der Waals surface area contributed by atoms with E-state index in [2.05, 4.69) is 10.3 Å². The van der Waals surface area contributed by atoms with Gasteiger partial charge in [0.15, 0.2) is 0 Å². The second-order valence-corrected chi connectivity index (χ2v) is 9.13. The Morgan fingerprint density at radius 2 is 1.68 bits per heavy atom. The predicted octanol–water partition coefficient (Wildman–Crippen LogP) is 7.83. The molecule has 0 spiro atoms. The summed E-state index contributed by atoms with van der Waals surface area (Å²) in [6.07, 6.45) is 0.289. The molecule has 0 saturated carbocycles. The van der Waals surface area contributed by atoms with Crippen molar-refractivity contribution < 1.29 is 18.0 Å². The highest BCUT2D eigenvalue weighted by molar-refractivity contribution is 6.42. The van der Waals surface area contributed by atoms with Gasteiger partial charge in [-0.1, -0.05) is 47.5 Å². The van der Waals surface area contributed by atoms with Crippen LogP contribution in [0.1, 0.15) is 16.8 Å². The first-order valence-corrected chi connectivity index (χ1v) is 11.9. The number of alkyl halides is 3. The van der Waals surface area contributed by atoms with Gasteiger partial charge in [-0.05, 0) is 60.2 Å². The monoisotopic (exact) mass is 539 g/mol. The fourth-order valence-electron chi connectivity index (χ4n) is 4.11. The van der Waals surface area contributed by atoms with E-state index in [0.29, 0.717) is 21.4 Å². The summed E-state index contributed by atoms with van der Waals surface area (Å²) < 4.78 is 41.0. The highest BCUT2D eigenvalue weighted by Gasteiger charge is 2.30. The Hall–Kier alpha value is -3.81. The molecule has 5 rings (SSSR count). The Balaban J connectivity index is 1.41. The van der Waals surface area contributed by atoms with Crippen LogP contribution in [0.15, 0.2) is 85.1 Å². The second kappa shape index (κ2) is 9.92. The van der Waals surface area contributed by atoms with Crippen molar-refractivity contribution in [2.45, 2.75) is 12.7 Å². The molecule has 3 aromatic carbocycles. The molecule has 0 aliphatic heterocycles. The molecule has 0 atom stereocenters. The zero-order valence-corrected chi connectivity index (χ0v) is 20.6. The maximum Gasteiger partial charge on any atom is 0.416 e. The molecule has 9 heteroatoms. The van der Waals surface area contributed by atoms with E-state index in [4.69, 9.17) is 23.2 Å². The zero-order valence-electron chi connectivity index (χ0n) is 19.1. The molecule has 2 aromatic heterocycles. The van der Waals surface area contributed by atoms with Gasteiger partial charge in [0.1, 0.15) is 0 Å². The van der Waals surface area contributed by atoms with Crippen LogP contribution < -0.4 is 5.32 Å². The molecule has 0 radical (unpaired) electrons. The summed E-state index contributed by atoms with van der Waals surface area (Å²) in [7, 11) is 0. The maximum absolute atomic E-state index is 13.0. The fourth-order valence-corrected chi connectivity index (χ4v) is 4.42. The molecule has 1 amide bonds. The lowest BCUT2D eigenvalue weighted by atomic mass is 10.1. The average molecular weight is 540 g/mol. The number of carbonyl (C=O) groups excluding carboxylic acids is 1. The van der Waals surface area contributed by atoms with Gasteiger partial charge >= 0.3 is 6.18 Å². The number of carbonyl (C=O) groups is 1. The number of nitrogens with zero attached hydrogens (tertiary/aromatic N) is 2. The number of benzene rings is 3. The Morgan fingerprint density at radius 1 is 0.919 bits per heavy atom. The molecular formula is C28H18Cl2F3N3O. The molecule has 0 unspecified atom stereocenters. The minimum absolute atomic E-state index is 0.195. The average Bonchev–Trinajstić information content (AvgIpc) is 3.21. The number of fused-ring (bicyclic) bond motifs is 3. The van der Waals surface area contributed by atoms with Crippen molar-refractivity contribution in [2.75, 3.05) is 0 Å². The first-order valence-electron chi connectivity index (χ1n) is 11.2. The third-order valence-electron chi connectivity index (χ3n) is 5.88. The first kappa shape index (κ1) is 24.9. The first-order chi connectivity index (χ1) is 17.7. The quantitative estimate of drug-likeness (QED) is 0.231. The van der Waals surface area contributed by atoms with Crippen LogP contribution in [-0.2, 0) is 17.5 Å². The van der Waals surface area contributed by atoms with Crippen LogP contribution in [0.25, 0.3) is 33.6 Å². The number of para-hydroxylation sites is 1. The van der Waals surface area contributed by atoms with Crippen molar-refractivity contribution in [1.29, 1.82) is 0 Å². The van der Waals surface area contributed by atoms with Crippen LogP contribution in [0.3, 0.4) is 0 Å². The van der Waals surface area contributed by atoms with Crippen LogP contribution >= 0.6 is 23.2 Å². The van der Waals surface area contributed by atoms with E-state index in [1.807, 2.05) is 34.9 Å². The Kier molecular flexibility index (Phi) is 6.67. The van der Waals surface area contributed by atoms with E-state index < -0.39 is 11.7 Å². The van der Waals surface area contributed by atoms with Crippen molar-refractivity contribution in [3.63, 3.8) is 0 Å². The van der Waals surface area contributed by atoms with Gasteiger partial charge in [-0.3, -0.25) is 9.78 Å². The number of aromatic nitrogens is 2. The largest absolute Gasteiger partial charge is 0.416 e. The number of pyridine rings is 1. The highest BCUT2D eigenvalue weighted by atomic mass is 35.5. The van der Waals surface area contributed by atoms with Gasteiger partial charge in [-0.2, -0.15) is 13.2 Å². The van der Waals surface area contributed by atoms with Crippen molar-refractivity contribution in [1.82, 2.24) is 14.9 Å². The standard InChI is InChI=1S/C28H18Cl2F3N3O/c29-23-11-5-17(13-24(23)30)6-12-27(37)35-15-19-14-22-21-3-1-2-4-25(21)36(26(22)16-34-19)20-9-7-18(8-10-20)28(31,32)33/h1-14,16H,15H2,(H,35,37)/b12-6+. The molecule has 0 saturated heterocycles. The van der Waals surface area contributed by atoms with Gasteiger partial charge in [0, 0.05) is 22.5 Å². The lowest BCUT2D eigenvalue weighted by molar-refractivity contribution is -0.137. The van der Waals surface area contributed by atoms with Gasteiger partial charge in [0.05, 0.1) is 45.1 Å². The van der Waals surface area contributed by atoms with E-state index in [1.165, 1.54) is 18.2 Å². The van der Waals surface area contributed by atoms with Crippen LogP contribution in [0.4, 0.5) is 13.2 Å². The van der Waals surface area contributed by atoms with Gasteiger partial charge in [-0.25, -0.2) is 0 Å². The minimum Gasteiger partial charge on any atom is -0.347 e. The van der Waals surface area contributed by atoms with Gasteiger partial charge in [-0.15, -0.1) is 0 Å². The normalized spacial score (nSPS) is 12.0. The van der Waals surface area contributed by atoms with Crippen LogP contribution in [0.2, 0.25) is 10.0 Å². The lowest BCUT2D eigenvalue weighted by Gasteiger charge is -2.10. The number of hydrogen-bond donors (Lipinski definition) is 1. The fraction of sp³-hybridized carbons (Fsp3) is 0.0714. The van der Waals surface area contributed by atoms with Gasteiger partial charge in [0.2, 0.25) is 5.91 Å². The molecule has 0 aliphatic rings. The summed E-state index contributed by atoms with van der Waals surface area (Å²) in [6, 6.07) is 19.6. The number of amides is 1. The highest BCUT2D eigenvalue weighted by Crippen LogP contribution is 2.34. The summed E-state index contributed by atoms with van der Waals surface area (Å²) in [5.41, 5.74) is 2.84. The Labute approximate surface area is 219 Å². The SMILES string of the molecule is O=C(/C=C/c1ccc(Cl)c(Cl)c1)NCc1cc2c3ccccc3n(-c3ccc(C(F)(F)F)cc3)c2cn1. The number of hydrogen-bond acceptors (Lipinski definition) is 2. The van der Waals surface area contributed by atoms with Crippen LogP contribution in [-0.4, -0.2) is 15.5 Å². The maximum atomic E-state index is 13.0. The zero-order chi connectivity index (χ0) is 26.2. The van der Waals surface area contributed by atoms with E-state index in [9.17, 15) is 18.0 Å². The van der Waals surface area contributed by atoms with Crippen LogP contribution in [0.5, 0.6) is 0 Å². The Morgan fingerprint density at radius 3 is 2.41 bits per heavy atom. The molecule has 2 heterocycles. The third-order valence-corrected chi connectivity index (χ3v) is 6.62. The lowest BCUT2D eigenvalue weighted by Crippen LogP contribution is -2.20. The molecule has 186 valence electrons. The van der Waals surface area contributed by atoms with E-state index in [-0.39, 0.29) is 12.5 Å². The molecule has 4 nitrogen and oxygen atoms in total. The predicted molar refractivity (Wildman–Crippen MR) is 141 cm³/mol. The Bertz CT molecular complexity index is 1660. The second-order valence-electron chi connectivity index (χ2n) is 8.31. The molecule has 1 N–H and O–H groups in total. The van der Waals surface area contributed by atoms with Gasteiger partial charge in [0.25, 0.3) is 0 Å². The van der Waals surface area contributed by atoms with E-state index in [1.54, 1.807) is 30.5 Å². The molecule has 0 aliphatic carbocycles. The number of rotatable bonds is 5. The molecule has 5 aromatic rings. The van der Waals surface area contributed by atoms with Crippen LogP contribution in [0, 0.1) is 0 Å².